The molecule has 20 heavy (non-hydrogen) atoms. The predicted molar refractivity (Wildman–Crippen MR) is 67.4 cm³/mol. The molecule has 0 aliphatic heterocycles. The van der Waals surface area contributed by atoms with Crippen LogP contribution in [-0.2, 0) is 0 Å². The second kappa shape index (κ2) is 4.19. The minimum absolute atomic E-state index is 0. The normalized spacial score (nSPS) is 11.2. The number of aryl methyl sites for hydroxylation is 1. The van der Waals surface area contributed by atoms with Gasteiger partial charge < -0.3 is 5.73 Å². The maximum absolute atomic E-state index is 13.9. The zero-order valence-electron chi connectivity index (χ0n) is 10.2. The number of rotatable bonds is 1. The van der Waals surface area contributed by atoms with Crippen molar-refractivity contribution in [1.82, 2.24) is 19.6 Å². The number of nitrogens with two attached hydrogens (primary N) is 1. The molecule has 1 aromatic carbocycles. The number of nitrogen functional groups attached to an aromatic ring is 1. The molecule has 0 unspecified atom stereocenters. The molecule has 3 rings (SSSR count). The number of anilines is 1. The van der Waals surface area contributed by atoms with Gasteiger partial charge in [-0.1, -0.05) is 0 Å². The minimum Gasteiger partial charge on any atom is -0.383 e. The standard InChI is InChI=1S/C12H8F3N5.H2/c1-5-9(10-7(14)2-6(13)3-8(10)15)11(16)20-12(19-5)17-4-18-20;/h2-4H,16H2,1H3;1H/i;1+1. The van der Waals surface area contributed by atoms with Gasteiger partial charge in [-0.15, -0.1) is 0 Å². The lowest BCUT2D eigenvalue weighted by Crippen LogP contribution is -2.07. The molecule has 0 spiro atoms. The van der Waals surface area contributed by atoms with Crippen LogP contribution in [0.5, 0.6) is 0 Å². The molecule has 2 N–H and O–H groups in total. The monoisotopic (exact) mass is 282 g/mol. The van der Waals surface area contributed by atoms with E-state index in [9.17, 15) is 13.2 Å². The van der Waals surface area contributed by atoms with Crippen LogP contribution in [0, 0.1) is 24.4 Å². The molecule has 2 aromatic heterocycles. The van der Waals surface area contributed by atoms with Crippen LogP contribution < -0.4 is 5.73 Å². The summed E-state index contributed by atoms with van der Waals surface area (Å²) in [6, 6.07) is 1.17. The summed E-state index contributed by atoms with van der Waals surface area (Å²) >= 11 is 0. The van der Waals surface area contributed by atoms with E-state index in [1.165, 1.54) is 13.3 Å². The lowest BCUT2D eigenvalue weighted by molar-refractivity contribution is 0.547. The van der Waals surface area contributed by atoms with Gasteiger partial charge in [0.1, 0.15) is 29.6 Å². The van der Waals surface area contributed by atoms with Crippen molar-refractivity contribution in [2.75, 3.05) is 5.73 Å². The molecule has 8 heteroatoms. The molecule has 0 radical (unpaired) electrons. The van der Waals surface area contributed by atoms with E-state index in [1.807, 2.05) is 0 Å². The van der Waals surface area contributed by atoms with Crippen molar-refractivity contribution >= 4 is 11.6 Å². The van der Waals surface area contributed by atoms with Crippen LogP contribution in [0.3, 0.4) is 0 Å². The number of hydrogen-bond acceptors (Lipinski definition) is 4. The number of benzene rings is 1. The first-order valence-corrected chi connectivity index (χ1v) is 5.59. The Labute approximate surface area is 112 Å². The van der Waals surface area contributed by atoms with E-state index >= 15 is 0 Å². The third-order valence-electron chi connectivity index (χ3n) is 2.90. The van der Waals surface area contributed by atoms with Crippen LogP contribution in [0.2, 0.25) is 0 Å². The van der Waals surface area contributed by atoms with Crippen molar-refractivity contribution < 1.29 is 14.6 Å². The van der Waals surface area contributed by atoms with E-state index in [0.29, 0.717) is 12.1 Å². The number of hydrogen-bond donors (Lipinski definition) is 1. The quantitative estimate of drug-likeness (QED) is 0.743. The average molecular weight is 282 g/mol. The van der Waals surface area contributed by atoms with E-state index in [0.717, 1.165) is 4.52 Å². The van der Waals surface area contributed by atoms with Gasteiger partial charge in [0.2, 0.25) is 0 Å². The highest BCUT2D eigenvalue weighted by atomic mass is 19.1. The van der Waals surface area contributed by atoms with Crippen LogP contribution in [0.15, 0.2) is 18.5 Å². The number of fused-ring (bicyclic) bond motifs is 1. The minimum atomic E-state index is -1.06. The summed E-state index contributed by atoms with van der Waals surface area (Å²) in [6.07, 6.45) is 1.22. The Morgan fingerprint density at radius 2 is 1.80 bits per heavy atom. The largest absolute Gasteiger partial charge is 0.383 e. The fourth-order valence-electron chi connectivity index (χ4n) is 2.07. The van der Waals surface area contributed by atoms with Gasteiger partial charge in [-0.2, -0.15) is 14.6 Å². The van der Waals surface area contributed by atoms with Gasteiger partial charge in [0.25, 0.3) is 5.78 Å². The van der Waals surface area contributed by atoms with Crippen molar-refractivity contribution in [1.29, 1.82) is 0 Å². The number of halogens is 3. The summed E-state index contributed by atoms with van der Waals surface area (Å²) in [7, 11) is 0. The first-order valence-electron chi connectivity index (χ1n) is 5.59. The highest BCUT2D eigenvalue weighted by molar-refractivity contribution is 5.78. The summed E-state index contributed by atoms with van der Waals surface area (Å²) < 4.78 is 41.9. The molecule has 0 bridgehead atoms. The first kappa shape index (κ1) is 12.4. The highest BCUT2D eigenvalue weighted by Crippen LogP contribution is 2.33. The zero-order valence-corrected chi connectivity index (χ0v) is 10.2. The molecule has 0 fully saturated rings. The average Bonchev–Trinajstić information content (AvgIpc) is 2.80. The third-order valence-corrected chi connectivity index (χ3v) is 2.90. The molecule has 3 aromatic rings. The Bertz CT molecular complexity index is 810. The van der Waals surface area contributed by atoms with Gasteiger partial charge in [0.05, 0.1) is 16.8 Å². The van der Waals surface area contributed by atoms with Crippen molar-refractivity contribution in [2.45, 2.75) is 6.92 Å². The molecule has 2 heterocycles. The third kappa shape index (κ3) is 1.68. The SMILES string of the molecule is Cc1nc2ncnn2c(N)c1-c1c(F)cc(F)cc1F.[2HH]. The molecule has 0 amide bonds. The first-order chi connectivity index (χ1) is 9.49. The van der Waals surface area contributed by atoms with Gasteiger partial charge in [0, 0.05) is 13.6 Å². The molecule has 104 valence electrons. The smallest absolute Gasteiger partial charge is 0.254 e. The Balaban J connectivity index is 0.00000161. The van der Waals surface area contributed by atoms with Gasteiger partial charge in [0.15, 0.2) is 0 Å². The molecule has 0 aliphatic rings. The maximum atomic E-state index is 13.9. The van der Waals surface area contributed by atoms with E-state index in [-0.39, 0.29) is 24.3 Å². The van der Waals surface area contributed by atoms with Crippen molar-refractivity contribution in [3.05, 3.63) is 41.6 Å². The molecule has 0 saturated carbocycles. The lowest BCUT2D eigenvalue weighted by atomic mass is 10.0. The van der Waals surface area contributed by atoms with E-state index in [4.69, 9.17) is 5.73 Å². The molecular weight excluding hydrogens is 271 g/mol. The number of nitrogens with zero attached hydrogens (tertiary/aromatic N) is 4. The molecule has 0 saturated heterocycles. The second-order valence-corrected chi connectivity index (χ2v) is 4.17. The van der Waals surface area contributed by atoms with Crippen molar-refractivity contribution in [3.63, 3.8) is 0 Å². The van der Waals surface area contributed by atoms with Gasteiger partial charge in [-0.05, 0) is 6.92 Å². The maximum Gasteiger partial charge on any atom is 0.254 e. The summed E-state index contributed by atoms with van der Waals surface area (Å²) in [4.78, 5) is 7.91. The zero-order chi connectivity index (χ0) is 14.4. The molecular formula is C12H10F3N5. The van der Waals surface area contributed by atoms with Gasteiger partial charge in [-0.25, -0.2) is 18.2 Å². The fraction of sp³-hybridized carbons (Fsp3) is 0.0833. The highest BCUT2D eigenvalue weighted by Gasteiger charge is 2.21. The Hall–Kier alpha value is -2.64. The van der Waals surface area contributed by atoms with E-state index < -0.39 is 23.0 Å². The van der Waals surface area contributed by atoms with Crippen LogP contribution in [0.25, 0.3) is 16.9 Å². The van der Waals surface area contributed by atoms with Crippen LogP contribution in [-0.4, -0.2) is 19.6 Å². The Kier molecular flexibility index (Phi) is 2.60. The lowest BCUT2D eigenvalue weighted by Gasteiger charge is -2.12. The summed E-state index contributed by atoms with van der Waals surface area (Å²) in [6.45, 7) is 1.53. The number of aromatic nitrogens is 4. The fourth-order valence-corrected chi connectivity index (χ4v) is 2.07. The van der Waals surface area contributed by atoms with Crippen LogP contribution in [0.1, 0.15) is 7.12 Å². The topological polar surface area (TPSA) is 69.1 Å². The summed E-state index contributed by atoms with van der Waals surface area (Å²) in [5.41, 5.74) is 5.72. The molecule has 0 atom stereocenters. The molecule has 5 nitrogen and oxygen atoms in total. The van der Waals surface area contributed by atoms with E-state index in [1.54, 1.807) is 0 Å². The van der Waals surface area contributed by atoms with Gasteiger partial charge in [-0.3, -0.25) is 0 Å². The van der Waals surface area contributed by atoms with E-state index in [2.05, 4.69) is 15.1 Å². The Morgan fingerprint density at radius 3 is 2.45 bits per heavy atom. The van der Waals surface area contributed by atoms with Crippen LogP contribution >= 0.6 is 0 Å². The summed E-state index contributed by atoms with van der Waals surface area (Å²) in [5.74, 6) is -2.92. The molecule has 0 aliphatic carbocycles. The van der Waals surface area contributed by atoms with Crippen molar-refractivity contribution in [3.8, 4) is 11.1 Å². The second-order valence-electron chi connectivity index (χ2n) is 4.17. The van der Waals surface area contributed by atoms with Gasteiger partial charge >= 0.3 is 0 Å². The predicted octanol–water partition coefficient (Wildman–Crippen LogP) is 2.35. The van der Waals surface area contributed by atoms with Crippen LogP contribution in [0.4, 0.5) is 19.0 Å². The van der Waals surface area contributed by atoms with Crippen molar-refractivity contribution in [2.24, 2.45) is 0 Å². The summed E-state index contributed by atoms with van der Waals surface area (Å²) in [5, 5.41) is 3.82. The Morgan fingerprint density at radius 1 is 1.15 bits per heavy atom.